The second-order valence-corrected chi connectivity index (χ2v) is 10.6. The molecule has 2 aromatic rings. The van der Waals surface area contributed by atoms with Gasteiger partial charge in [-0.05, 0) is 86.6 Å². The average Bonchev–Trinajstić information content (AvgIpc) is 2.96. The van der Waals surface area contributed by atoms with Gasteiger partial charge in [0.1, 0.15) is 0 Å². The summed E-state index contributed by atoms with van der Waals surface area (Å²) in [5.74, 6) is -0.322. The molecular formula is C24H29N3O4S. The van der Waals surface area contributed by atoms with Crippen molar-refractivity contribution in [2.24, 2.45) is 5.92 Å². The highest BCUT2D eigenvalue weighted by Gasteiger charge is 2.32. The number of piperidine rings is 1. The average molecular weight is 456 g/mol. The van der Waals surface area contributed by atoms with Gasteiger partial charge in [0.15, 0.2) is 0 Å². The molecule has 4 rings (SSSR count). The molecule has 2 aromatic carbocycles. The van der Waals surface area contributed by atoms with Crippen LogP contribution in [0, 0.1) is 19.8 Å². The number of nitrogens with zero attached hydrogens (tertiary/aromatic N) is 1. The molecule has 0 spiro atoms. The monoisotopic (exact) mass is 455 g/mol. The van der Waals surface area contributed by atoms with Crippen LogP contribution in [0.2, 0.25) is 0 Å². The van der Waals surface area contributed by atoms with Crippen LogP contribution >= 0.6 is 0 Å². The molecule has 7 nitrogen and oxygen atoms in total. The van der Waals surface area contributed by atoms with Gasteiger partial charge < -0.3 is 10.6 Å². The summed E-state index contributed by atoms with van der Waals surface area (Å²) in [6.07, 6.45) is 2.77. The number of aryl methyl sites for hydroxylation is 3. The van der Waals surface area contributed by atoms with E-state index < -0.39 is 10.0 Å². The van der Waals surface area contributed by atoms with Crippen LogP contribution < -0.4 is 10.6 Å². The Morgan fingerprint density at radius 3 is 2.50 bits per heavy atom. The largest absolute Gasteiger partial charge is 0.326 e. The minimum absolute atomic E-state index is 0.0412. The molecule has 2 aliphatic rings. The van der Waals surface area contributed by atoms with Gasteiger partial charge in [-0.15, -0.1) is 0 Å². The molecule has 2 N–H and O–H groups in total. The number of carbonyl (C=O) groups is 2. The highest BCUT2D eigenvalue weighted by Crippen LogP contribution is 2.29. The van der Waals surface area contributed by atoms with E-state index in [-0.39, 0.29) is 22.6 Å². The lowest BCUT2D eigenvalue weighted by Crippen LogP contribution is -2.41. The van der Waals surface area contributed by atoms with Crippen LogP contribution in [0.15, 0.2) is 41.3 Å². The topological polar surface area (TPSA) is 95.6 Å². The van der Waals surface area contributed by atoms with Crippen molar-refractivity contribution < 1.29 is 18.0 Å². The molecular weight excluding hydrogens is 426 g/mol. The van der Waals surface area contributed by atoms with Crippen LogP contribution in [0.25, 0.3) is 0 Å². The van der Waals surface area contributed by atoms with Crippen LogP contribution in [0.3, 0.4) is 0 Å². The van der Waals surface area contributed by atoms with Gasteiger partial charge in [-0.1, -0.05) is 6.07 Å². The van der Waals surface area contributed by atoms with Gasteiger partial charge in [0, 0.05) is 36.8 Å². The van der Waals surface area contributed by atoms with Gasteiger partial charge in [0.25, 0.3) is 0 Å². The minimum Gasteiger partial charge on any atom is -0.326 e. The van der Waals surface area contributed by atoms with E-state index in [4.69, 9.17) is 0 Å². The molecule has 0 radical (unpaired) electrons. The maximum atomic E-state index is 13.2. The predicted molar refractivity (Wildman–Crippen MR) is 124 cm³/mol. The van der Waals surface area contributed by atoms with Crippen LogP contribution in [0.5, 0.6) is 0 Å². The summed E-state index contributed by atoms with van der Waals surface area (Å²) in [7, 11) is -3.65. The first-order chi connectivity index (χ1) is 15.2. The van der Waals surface area contributed by atoms with Crippen molar-refractivity contribution in [2.45, 2.75) is 50.8 Å². The number of anilines is 2. The smallest absolute Gasteiger partial charge is 0.243 e. The fourth-order valence-electron chi connectivity index (χ4n) is 4.28. The van der Waals surface area contributed by atoms with E-state index in [9.17, 15) is 18.0 Å². The SMILES string of the molecule is Cc1ccc(NC(=O)C2CCN(S(=O)(=O)c3ccc4c(c3)CCCC(=O)N4)CC2)cc1C. The maximum absolute atomic E-state index is 13.2. The third-order valence-corrected chi connectivity index (χ3v) is 8.33. The fraction of sp³-hybridized carbons (Fsp3) is 0.417. The number of hydrogen-bond donors (Lipinski definition) is 2. The molecule has 1 saturated heterocycles. The molecule has 8 heteroatoms. The Hall–Kier alpha value is -2.71. The molecule has 0 unspecified atom stereocenters. The van der Waals surface area contributed by atoms with Crippen LogP contribution in [0.4, 0.5) is 11.4 Å². The van der Waals surface area contributed by atoms with Gasteiger partial charge >= 0.3 is 0 Å². The first kappa shape index (κ1) is 22.5. The van der Waals surface area contributed by atoms with Gasteiger partial charge in [-0.3, -0.25) is 9.59 Å². The highest BCUT2D eigenvalue weighted by atomic mass is 32.2. The maximum Gasteiger partial charge on any atom is 0.243 e. The number of nitrogens with one attached hydrogen (secondary N) is 2. The number of rotatable bonds is 4. The molecule has 0 atom stereocenters. The van der Waals surface area contributed by atoms with Crippen molar-refractivity contribution in [3.63, 3.8) is 0 Å². The van der Waals surface area contributed by atoms with Crippen molar-refractivity contribution in [1.82, 2.24) is 4.31 Å². The molecule has 32 heavy (non-hydrogen) atoms. The second-order valence-electron chi connectivity index (χ2n) is 8.69. The van der Waals surface area contributed by atoms with Gasteiger partial charge in [-0.25, -0.2) is 8.42 Å². The van der Waals surface area contributed by atoms with Crippen LogP contribution in [-0.4, -0.2) is 37.6 Å². The van der Waals surface area contributed by atoms with E-state index in [0.717, 1.165) is 16.8 Å². The van der Waals surface area contributed by atoms with E-state index in [1.165, 1.54) is 9.87 Å². The number of fused-ring (bicyclic) bond motifs is 1. The highest BCUT2D eigenvalue weighted by molar-refractivity contribution is 7.89. The molecule has 2 amide bonds. The summed E-state index contributed by atoms with van der Waals surface area (Å²) in [5, 5.41) is 5.80. The number of amides is 2. The Bertz CT molecular complexity index is 1150. The first-order valence-corrected chi connectivity index (χ1v) is 12.5. The lowest BCUT2D eigenvalue weighted by Gasteiger charge is -2.30. The predicted octanol–water partition coefficient (Wildman–Crippen LogP) is 3.62. The van der Waals surface area contributed by atoms with Crippen molar-refractivity contribution in [3.05, 3.63) is 53.1 Å². The first-order valence-electron chi connectivity index (χ1n) is 11.0. The van der Waals surface area contributed by atoms with Gasteiger partial charge in [0.2, 0.25) is 21.8 Å². The zero-order valence-electron chi connectivity index (χ0n) is 18.5. The Balaban J connectivity index is 1.41. The second kappa shape index (κ2) is 9.03. The molecule has 0 aromatic heterocycles. The summed E-state index contributed by atoms with van der Waals surface area (Å²) in [6, 6.07) is 10.7. The van der Waals surface area contributed by atoms with E-state index in [0.29, 0.717) is 50.9 Å². The summed E-state index contributed by atoms with van der Waals surface area (Å²) in [6.45, 7) is 4.64. The standard InChI is InChI=1S/C24H29N3O4S/c1-16-6-7-20(14-17(16)2)25-24(29)18-10-12-27(13-11-18)32(30,31)21-8-9-22-19(15-21)4-3-5-23(28)26-22/h6-9,14-15,18H,3-5,10-13H2,1-2H3,(H,25,29)(H,26,28). The zero-order chi connectivity index (χ0) is 22.9. The molecule has 0 aliphatic carbocycles. The van der Waals surface area contributed by atoms with E-state index >= 15 is 0 Å². The molecule has 2 aliphatic heterocycles. The van der Waals surface area contributed by atoms with Crippen molar-refractivity contribution in [1.29, 1.82) is 0 Å². The number of carbonyl (C=O) groups excluding carboxylic acids is 2. The molecule has 0 bridgehead atoms. The quantitative estimate of drug-likeness (QED) is 0.736. The third kappa shape index (κ3) is 4.71. The normalized spacial score (nSPS) is 17.9. The minimum atomic E-state index is -3.65. The summed E-state index contributed by atoms with van der Waals surface area (Å²) in [4.78, 5) is 24.7. The summed E-state index contributed by atoms with van der Waals surface area (Å²) in [5.41, 5.74) is 4.59. The van der Waals surface area contributed by atoms with Crippen LogP contribution in [0.1, 0.15) is 42.4 Å². The zero-order valence-corrected chi connectivity index (χ0v) is 19.3. The van der Waals surface area contributed by atoms with Crippen LogP contribution in [-0.2, 0) is 26.0 Å². The molecule has 1 fully saturated rings. The van der Waals surface area contributed by atoms with E-state index in [2.05, 4.69) is 10.6 Å². The Morgan fingerprint density at radius 1 is 1.03 bits per heavy atom. The summed E-state index contributed by atoms with van der Waals surface area (Å²) >= 11 is 0. The molecule has 0 saturated carbocycles. The number of benzene rings is 2. The van der Waals surface area contributed by atoms with E-state index in [1.54, 1.807) is 18.2 Å². The Kier molecular flexibility index (Phi) is 6.35. The summed E-state index contributed by atoms with van der Waals surface area (Å²) < 4.78 is 27.9. The lowest BCUT2D eigenvalue weighted by atomic mass is 9.97. The lowest BCUT2D eigenvalue weighted by molar-refractivity contribution is -0.121. The van der Waals surface area contributed by atoms with Crippen molar-refractivity contribution in [3.8, 4) is 0 Å². The fourth-order valence-corrected chi connectivity index (χ4v) is 5.80. The Labute approximate surface area is 189 Å². The van der Waals surface area contributed by atoms with Crippen molar-refractivity contribution in [2.75, 3.05) is 23.7 Å². The Morgan fingerprint density at radius 2 is 1.78 bits per heavy atom. The van der Waals surface area contributed by atoms with Gasteiger partial charge in [-0.2, -0.15) is 4.31 Å². The number of sulfonamides is 1. The molecule has 170 valence electrons. The van der Waals surface area contributed by atoms with Crippen molar-refractivity contribution >= 4 is 33.2 Å². The molecule has 2 heterocycles. The van der Waals surface area contributed by atoms with Gasteiger partial charge in [0.05, 0.1) is 4.90 Å². The number of hydrogen-bond acceptors (Lipinski definition) is 4. The van der Waals surface area contributed by atoms with E-state index in [1.807, 2.05) is 32.0 Å². The third-order valence-electron chi connectivity index (χ3n) is 6.44.